The van der Waals surface area contributed by atoms with Crippen molar-refractivity contribution >= 4 is 5.91 Å². The molecule has 2 bridgehead atoms. The molecule has 2 fully saturated rings. The van der Waals surface area contributed by atoms with Crippen LogP contribution in [-0.2, 0) is 4.79 Å². The lowest BCUT2D eigenvalue weighted by molar-refractivity contribution is -0.127. The van der Waals surface area contributed by atoms with E-state index in [2.05, 4.69) is 23.8 Å². The zero-order valence-electron chi connectivity index (χ0n) is 10.1. The molecule has 0 aromatic rings. The summed E-state index contributed by atoms with van der Waals surface area (Å²) in [7, 11) is 2.12. The zero-order valence-corrected chi connectivity index (χ0v) is 10.1. The molecule has 0 N–H and O–H groups in total. The molecule has 3 heteroatoms. The van der Waals surface area contributed by atoms with E-state index in [0.29, 0.717) is 12.1 Å². The second kappa shape index (κ2) is 5.18. The van der Waals surface area contributed by atoms with E-state index < -0.39 is 0 Å². The second-order valence-electron chi connectivity index (χ2n) is 3.82. The van der Waals surface area contributed by atoms with Gasteiger partial charge in [-0.05, 0) is 26.3 Å². The molecule has 0 saturated carbocycles. The van der Waals surface area contributed by atoms with Crippen molar-refractivity contribution in [3.8, 4) is 11.8 Å². The van der Waals surface area contributed by atoms with Crippen LogP contribution in [0.25, 0.3) is 0 Å². The molecule has 0 aliphatic carbocycles. The molecule has 2 aliphatic heterocycles. The zero-order chi connectivity index (χ0) is 11.4. The van der Waals surface area contributed by atoms with E-state index in [-0.39, 0.29) is 5.91 Å². The van der Waals surface area contributed by atoms with Gasteiger partial charge in [0.15, 0.2) is 0 Å². The molecule has 3 nitrogen and oxygen atoms in total. The second-order valence-corrected chi connectivity index (χ2v) is 3.82. The average Bonchev–Trinajstić information content (AvgIpc) is 2.79. The minimum atomic E-state index is 0.00287. The Hall–Kier alpha value is -1.01. The Morgan fingerprint density at radius 3 is 2.33 bits per heavy atom. The van der Waals surface area contributed by atoms with Crippen molar-refractivity contribution in [1.29, 1.82) is 0 Å². The van der Waals surface area contributed by atoms with Gasteiger partial charge in [-0.25, -0.2) is 0 Å². The van der Waals surface area contributed by atoms with Crippen LogP contribution in [0.5, 0.6) is 0 Å². The summed E-state index contributed by atoms with van der Waals surface area (Å²) in [5, 5.41) is 0. The Bertz CT molecular complexity index is 288. The fourth-order valence-corrected chi connectivity index (χ4v) is 2.29. The molecule has 2 rings (SSSR count). The highest BCUT2D eigenvalue weighted by molar-refractivity contribution is 5.94. The molecule has 2 aliphatic rings. The number of carbonyl (C=O) groups is 1. The Kier molecular flexibility index (Phi) is 4.16. The molecule has 0 aromatic carbocycles. The topological polar surface area (TPSA) is 23.6 Å². The smallest absolute Gasteiger partial charge is 0.298 e. The molecular weight excluding hydrogens is 188 g/mol. The van der Waals surface area contributed by atoms with E-state index in [1.807, 2.05) is 18.7 Å². The van der Waals surface area contributed by atoms with Crippen molar-refractivity contribution in [2.75, 3.05) is 20.1 Å². The standard InChI is InChI=1S/C10H14N2O.C2H6/c1-3-4-10(13)12-7-8-5-9(12)6-11(8)2;1-2/h8-9H,5-7H2,1-2H3;1-2H3. The Labute approximate surface area is 92.4 Å². The van der Waals surface area contributed by atoms with E-state index in [9.17, 15) is 4.79 Å². The van der Waals surface area contributed by atoms with E-state index in [4.69, 9.17) is 0 Å². The van der Waals surface area contributed by atoms with Crippen LogP contribution in [-0.4, -0.2) is 47.9 Å². The number of hydrogen-bond acceptors (Lipinski definition) is 2. The normalized spacial score (nSPS) is 27.9. The van der Waals surface area contributed by atoms with Crippen LogP contribution in [0.1, 0.15) is 27.2 Å². The number of likely N-dealkylation sites (N-methyl/N-ethyl adjacent to an activating group) is 1. The van der Waals surface area contributed by atoms with Crippen molar-refractivity contribution in [3.63, 3.8) is 0 Å². The van der Waals surface area contributed by atoms with Gasteiger partial charge < -0.3 is 4.90 Å². The summed E-state index contributed by atoms with van der Waals surface area (Å²) in [5.41, 5.74) is 0. The number of piperazine rings is 1. The molecular formula is C12H20N2O. The first-order chi connectivity index (χ1) is 7.22. The van der Waals surface area contributed by atoms with E-state index >= 15 is 0 Å². The third kappa shape index (κ3) is 2.32. The third-order valence-electron chi connectivity index (χ3n) is 3.01. The maximum absolute atomic E-state index is 11.5. The SMILES string of the molecule is CC.CC#CC(=O)N1CC2CC1CN2C. The predicted octanol–water partition coefficient (Wildman–Crippen LogP) is 0.951. The molecule has 2 heterocycles. The number of fused-ring (bicyclic) bond motifs is 2. The van der Waals surface area contributed by atoms with E-state index in [0.717, 1.165) is 19.5 Å². The van der Waals surface area contributed by atoms with Gasteiger partial charge in [-0.1, -0.05) is 19.8 Å². The van der Waals surface area contributed by atoms with Gasteiger partial charge in [-0.2, -0.15) is 0 Å². The average molecular weight is 208 g/mol. The van der Waals surface area contributed by atoms with E-state index in [1.165, 1.54) is 0 Å². The van der Waals surface area contributed by atoms with Crippen molar-refractivity contribution in [3.05, 3.63) is 0 Å². The number of likely N-dealkylation sites (tertiary alicyclic amines) is 2. The fourth-order valence-electron chi connectivity index (χ4n) is 2.29. The summed E-state index contributed by atoms with van der Waals surface area (Å²) in [6.07, 6.45) is 1.13. The lowest BCUT2D eigenvalue weighted by Gasteiger charge is -2.30. The lowest BCUT2D eigenvalue weighted by atomic mass is 10.2. The monoisotopic (exact) mass is 208 g/mol. The molecule has 0 spiro atoms. The Morgan fingerprint density at radius 2 is 1.93 bits per heavy atom. The minimum Gasteiger partial charge on any atom is -0.326 e. The first-order valence-corrected chi connectivity index (χ1v) is 5.66. The highest BCUT2D eigenvalue weighted by atomic mass is 16.2. The molecule has 2 unspecified atom stereocenters. The fraction of sp³-hybridized carbons (Fsp3) is 0.750. The molecule has 0 radical (unpaired) electrons. The molecule has 84 valence electrons. The van der Waals surface area contributed by atoms with Crippen LogP contribution >= 0.6 is 0 Å². The van der Waals surface area contributed by atoms with Gasteiger partial charge in [0.05, 0.1) is 0 Å². The quantitative estimate of drug-likeness (QED) is 0.553. The first kappa shape index (κ1) is 12.1. The Balaban J connectivity index is 0.000000531. The number of carbonyl (C=O) groups excluding carboxylic acids is 1. The number of nitrogens with zero attached hydrogens (tertiary/aromatic N) is 2. The summed E-state index contributed by atoms with van der Waals surface area (Å²) in [6, 6.07) is 0.996. The number of rotatable bonds is 0. The first-order valence-electron chi connectivity index (χ1n) is 5.66. The van der Waals surface area contributed by atoms with Crippen LogP contribution in [0.2, 0.25) is 0 Å². The minimum absolute atomic E-state index is 0.00287. The van der Waals surface area contributed by atoms with Crippen molar-refractivity contribution < 1.29 is 4.79 Å². The van der Waals surface area contributed by atoms with Crippen molar-refractivity contribution in [2.24, 2.45) is 0 Å². The summed E-state index contributed by atoms with van der Waals surface area (Å²) < 4.78 is 0. The predicted molar refractivity (Wildman–Crippen MR) is 61.3 cm³/mol. The third-order valence-corrected chi connectivity index (χ3v) is 3.01. The van der Waals surface area contributed by atoms with Gasteiger partial charge in [0.1, 0.15) is 0 Å². The maximum atomic E-state index is 11.5. The Morgan fingerprint density at radius 1 is 1.27 bits per heavy atom. The summed E-state index contributed by atoms with van der Waals surface area (Å²) >= 11 is 0. The van der Waals surface area contributed by atoms with Gasteiger partial charge in [0, 0.05) is 25.2 Å². The van der Waals surface area contributed by atoms with Crippen molar-refractivity contribution in [1.82, 2.24) is 9.80 Å². The lowest BCUT2D eigenvalue weighted by Crippen LogP contribution is -2.46. The molecule has 1 amide bonds. The van der Waals surface area contributed by atoms with Crippen LogP contribution in [0.15, 0.2) is 0 Å². The number of amides is 1. The largest absolute Gasteiger partial charge is 0.326 e. The van der Waals surface area contributed by atoms with E-state index in [1.54, 1.807) is 6.92 Å². The highest BCUT2D eigenvalue weighted by Gasteiger charge is 2.43. The van der Waals surface area contributed by atoms with Gasteiger partial charge in [-0.15, -0.1) is 0 Å². The summed E-state index contributed by atoms with van der Waals surface area (Å²) in [5.74, 6) is 5.27. The van der Waals surface area contributed by atoms with Crippen LogP contribution in [0, 0.1) is 11.8 Å². The van der Waals surface area contributed by atoms with Gasteiger partial charge in [0.25, 0.3) is 5.91 Å². The summed E-state index contributed by atoms with van der Waals surface area (Å²) in [4.78, 5) is 15.7. The molecule has 2 atom stereocenters. The van der Waals surface area contributed by atoms with Crippen molar-refractivity contribution in [2.45, 2.75) is 39.3 Å². The molecule has 2 saturated heterocycles. The van der Waals surface area contributed by atoms with Gasteiger partial charge >= 0.3 is 0 Å². The van der Waals surface area contributed by atoms with Crippen LogP contribution in [0.3, 0.4) is 0 Å². The van der Waals surface area contributed by atoms with Gasteiger partial charge in [-0.3, -0.25) is 9.69 Å². The molecule has 15 heavy (non-hydrogen) atoms. The van der Waals surface area contributed by atoms with Gasteiger partial charge in [0.2, 0.25) is 0 Å². The van der Waals surface area contributed by atoms with Crippen LogP contribution < -0.4 is 0 Å². The molecule has 0 aromatic heterocycles. The van der Waals surface area contributed by atoms with Crippen LogP contribution in [0.4, 0.5) is 0 Å². The number of hydrogen-bond donors (Lipinski definition) is 0. The summed E-state index contributed by atoms with van der Waals surface area (Å²) in [6.45, 7) is 7.59. The maximum Gasteiger partial charge on any atom is 0.298 e. The highest BCUT2D eigenvalue weighted by Crippen LogP contribution is 2.28.